The molecule has 5 aliphatic rings. The Labute approximate surface area is 324 Å². The summed E-state index contributed by atoms with van der Waals surface area (Å²) in [6.07, 6.45) is -8.07. The molecule has 0 bridgehead atoms. The molecule has 7 N–H and O–H groups in total. The van der Waals surface area contributed by atoms with Gasteiger partial charge in [-0.3, -0.25) is 19.4 Å². The van der Waals surface area contributed by atoms with Crippen LogP contribution in [-0.4, -0.2) is 122 Å². The number of para-hydroxylation sites is 1. The number of hydrogen-bond donors (Lipinski definition) is 6. The third kappa shape index (κ3) is 6.71. The summed E-state index contributed by atoms with van der Waals surface area (Å²) >= 11 is 0. The van der Waals surface area contributed by atoms with Crippen molar-refractivity contribution in [2.75, 3.05) is 18.2 Å². The van der Waals surface area contributed by atoms with Crippen molar-refractivity contribution in [1.82, 2.24) is 0 Å². The highest BCUT2D eigenvalue weighted by Crippen LogP contribution is 2.46. The number of amides is 1. The zero-order valence-electron chi connectivity index (χ0n) is 30.4. The van der Waals surface area contributed by atoms with Crippen molar-refractivity contribution in [2.24, 2.45) is 20.7 Å². The van der Waals surface area contributed by atoms with Crippen LogP contribution in [0.1, 0.15) is 75.1 Å². The summed E-state index contributed by atoms with van der Waals surface area (Å²) in [5.74, 6) is -2.40. The SMILES string of the molecule is NC1=NC(=O)C2=NCN(c3ccccc3Cc3cc4c(c(OC[C@H](O)CC=O)c3O[C@H]3O[C@@H](C5(O)CCCC5)[C@H](O)[C@@H](O)[C@@H]3O)C(=O)c3ccccc3C4=O)C2=N1. The van der Waals surface area contributed by atoms with Crippen LogP contribution in [0.2, 0.25) is 0 Å². The Morgan fingerprint density at radius 2 is 1.61 bits per heavy atom. The Balaban J connectivity index is 1.29. The maximum absolute atomic E-state index is 14.3. The van der Waals surface area contributed by atoms with Gasteiger partial charge in [0, 0.05) is 40.8 Å². The number of hydrogen-bond acceptors (Lipinski definition) is 16. The molecule has 1 saturated carbocycles. The maximum atomic E-state index is 14.3. The number of benzene rings is 3. The van der Waals surface area contributed by atoms with E-state index in [1.165, 1.54) is 18.2 Å². The van der Waals surface area contributed by atoms with E-state index in [1.807, 2.05) is 0 Å². The van der Waals surface area contributed by atoms with Gasteiger partial charge in [-0.1, -0.05) is 55.3 Å². The number of aliphatic imine (C=N–C) groups is 3. The van der Waals surface area contributed by atoms with Gasteiger partial charge in [0.25, 0.3) is 0 Å². The number of aliphatic hydroxyl groups excluding tert-OH is 4. The molecule has 17 nitrogen and oxygen atoms in total. The zero-order valence-corrected chi connectivity index (χ0v) is 30.4. The Hall–Kier alpha value is -5.69. The lowest BCUT2D eigenvalue weighted by Gasteiger charge is -2.45. The van der Waals surface area contributed by atoms with Crippen molar-refractivity contribution in [2.45, 2.75) is 80.9 Å². The van der Waals surface area contributed by atoms with Crippen LogP contribution in [0.3, 0.4) is 0 Å². The van der Waals surface area contributed by atoms with Gasteiger partial charge in [-0.25, -0.2) is 0 Å². The average molecular weight is 782 g/mol. The molecule has 1 saturated heterocycles. The monoisotopic (exact) mass is 781 g/mol. The van der Waals surface area contributed by atoms with Gasteiger partial charge in [0.2, 0.25) is 12.2 Å². The summed E-state index contributed by atoms with van der Waals surface area (Å²) in [5, 5.41) is 55.5. The van der Waals surface area contributed by atoms with Crippen molar-refractivity contribution in [3.8, 4) is 11.5 Å². The molecule has 17 heteroatoms. The summed E-state index contributed by atoms with van der Waals surface area (Å²) in [6.45, 7) is -0.542. The fraction of sp³-hybridized carbons (Fsp3) is 0.375. The molecular formula is C40H39N5O12. The molecule has 57 heavy (non-hydrogen) atoms. The molecule has 0 unspecified atom stereocenters. The van der Waals surface area contributed by atoms with Gasteiger partial charge in [-0.15, -0.1) is 0 Å². The number of aliphatic hydroxyl groups is 5. The van der Waals surface area contributed by atoms with Crippen LogP contribution < -0.4 is 20.1 Å². The van der Waals surface area contributed by atoms with Gasteiger partial charge in [-0.05, 0) is 30.5 Å². The number of rotatable bonds is 11. The van der Waals surface area contributed by atoms with E-state index in [9.17, 15) is 44.7 Å². The fourth-order valence-electron chi connectivity index (χ4n) is 8.08. The van der Waals surface area contributed by atoms with E-state index >= 15 is 0 Å². The zero-order chi connectivity index (χ0) is 40.2. The number of ketones is 2. The van der Waals surface area contributed by atoms with Crippen LogP contribution in [0, 0.1) is 0 Å². The van der Waals surface area contributed by atoms with Crippen LogP contribution in [0.25, 0.3) is 0 Å². The van der Waals surface area contributed by atoms with Crippen molar-refractivity contribution < 1.29 is 58.9 Å². The van der Waals surface area contributed by atoms with E-state index in [1.54, 1.807) is 41.3 Å². The molecule has 296 valence electrons. The minimum Gasteiger partial charge on any atom is -0.486 e. The first-order valence-electron chi connectivity index (χ1n) is 18.5. The number of anilines is 1. The van der Waals surface area contributed by atoms with E-state index in [2.05, 4.69) is 15.0 Å². The molecular weight excluding hydrogens is 742 g/mol. The number of carbonyl (C=O) groups excluding carboxylic acids is 4. The summed E-state index contributed by atoms with van der Waals surface area (Å²) in [5.41, 5.74) is 5.53. The van der Waals surface area contributed by atoms with Crippen molar-refractivity contribution >= 4 is 47.0 Å². The molecule has 0 aromatic heterocycles. The van der Waals surface area contributed by atoms with Gasteiger partial charge < -0.3 is 55.2 Å². The van der Waals surface area contributed by atoms with E-state index < -0.39 is 66.5 Å². The summed E-state index contributed by atoms with van der Waals surface area (Å²) < 4.78 is 18.7. The van der Waals surface area contributed by atoms with Crippen LogP contribution in [0.15, 0.2) is 69.6 Å². The third-order valence-corrected chi connectivity index (χ3v) is 10.9. The van der Waals surface area contributed by atoms with Crippen LogP contribution in [0.4, 0.5) is 5.69 Å². The van der Waals surface area contributed by atoms with E-state index in [0.29, 0.717) is 30.4 Å². The summed E-state index contributed by atoms with van der Waals surface area (Å²) in [7, 11) is 0. The first kappa shape index (κ1) is 38.2. The number of aldehydes is 1. The highest BCUT2D eigenvalue weighted by Gasteiger charge is 2.54. The largest absolute Gasteiger partial charge is 0.486 e. The van der Waals surface area contributed by atoms with E-state index in [4.69, 9.17) is 19.9 Å². The maximum Gasteiger partial charge on any atom is 0.302 e. The Morgan fingerprint density at radius 1 is 0.912 bits per heavy atom. The Morgan fingerprint density at radius 3 is 2.35 bits per heavy atom. The summed E-state index contributed by atoms with van der Waals surface area (Å²) in [4.78, 5) is 66.4. The highest BCUT2D eigenvalue weighted by atomic mass is 16.7. The molecule has 3 heterocycles. The average Bonchev–Trinajstić information content (AvgIpc) is 3.84. The number of carbonyl (C=O) groups is 4. The topological polar surface area (TPSA) is 263 Å². The predicted octanol–water partition coefficient (Wildman–Crippen LogP) is 0.345. The van der Waals surface area contributed by atoms with Crippen molar-refractivity contribution in [3.63, 3.8) is 0 Å². The molecule has 2 fully saturated rings. The van der Waals surface area contributed by atoms with Gasteiger partial charge in [0.1, 0.15) is 44.0 Å². The number of nitrogens with two attached hydrogens (primary N) is 1. The molecule has 3 aromatic rings. The first-order chi connectivity index (χ1) is 27.4. The smallest absolute Gasteiger partial charge is 0.302 e. The highest BCUT2D eigenvalue weighted by molar-refractivity contribution is 6.72. The number of fused-ring (bicyclic) bond motifs is 3. The van der Waals surface area contributed by atoms with Crippen LogP contribution in [0.5, 0.6) is 11.5 Å². The minimum atomic E-state index is -1.89. The second-order valence-electron chi connectivity index (χ2n) is 14.6. The molecule has 3 aliphatic heterocycles. The Bertz CT molecular complexity index is 2270. The summed E-state index contributed by atoms with van der Waals surface area (Å²) in [6, 6.07) is 14.7. The van der Waals surface area contributed by atoms with E-state index in [-0.39, 0.29) is 89.2 Å². The molecule has 1 amide bonds. The fourth-order valence-corrected chi connectivity index (χ4v) is 8.08. The molecule has 0 radical (unpaired) electrons. The Kier molecular flexibility index (Phi) is 10.1. The van der Waals surface area contributed by atoms with Gasteiger partial charge in [0.15, 0.2) is 34.6 Å². The van der Waals surface area contributed by atoms with Gasteiger partial charge in [0.05, 0.1) is 17.3 Å². The van der Waals surface area contributed by atoms with Crippen LogP contribution >= 0.6 is 0 Å². The predicted molar refractivity (Wildman–Crippen MR) is 201 cm³/mol. The third-order valence-electron chi connectivity index (χ3n) is 10.9. The second-order valence-corrected chi connectivity index (χ2v) is 14.6. The lowest BCUT2D eigenvalue weighted by Crippen LogP contribution is -2.65. The molecule has 3 aromatic carbocycles. The first-order valence-corrected chi connectivity index (χ1v) is 18.5. The molecule has 0 spiro atoms. The van der Waals surface area contributed by atoms with Crippen molar-refractivity contribution in [3.05, 3.63) is 88.0 Å². The van der Waals surface area contributed by atoms with Gasteiger partial charge in [-0.2, -0.15) is 9.98 Å². The lowest BCUT2D eigenvalue weighted by atomic mass is 9.81. The quantitative estimate of drug-likeness (QED) is 0.112. The molecule has 2 aliphatic carbocycles. The minimum absolute atomic E-state index is 0.00730. The number of amidine groups is 1. The van der Waals surface area contributed by atoms with Gasteiger partial charge >= 0.3 is 5.91 Å². The molecule has 6 atom stereocenters. The van der Waals surface area contributed by atoms with Crippen LogP contribution in [-0.2, 0) is 20.7 Å². The number of ether oxygens (including phenoxy) is 3. The number of guanidine groups is 1. The second kappa shape index (κ2) is 15.0. The standard InChI is InChI=1S/C40H39N5O12/c41-39-43-36-27(37(53)44-39)42-18-45(36)25-10-4-1-7-19(25)15-20-16-24-26(29(49)23-9-3-2-8-22(23)28(24)48)34(55-17-21(47)11-14-46)33(20)56-38-32(52)30(50)31(51)35(57-38)40(54)12-5-6-13-40/h1-4,7-10,14,16,21,30-32,35,38,47,50-52,54H,5-6,11-13,15,17-18H2,(H2,41,44,53)/t21-,30-,31-,32+,35-,38+/m1/s1. The van der Waals surface area contributed by atoms with E-state index in [0.717, 1.165) is 0 Å². The number of nitrogens with zero attached hydrogens (tertiary/aromatic N) is 4. The lowest BCUT2D eigenvalue weighted by molar-refractivity contribution is -0.304. The molecule has 8 rings (SSSR count). The van der Waals surface area contributed by atoms with Crippen molar-refractivity contribution in [1.29, 1.82) is 0 Å². The normalized spacial score (nSPS) is 25.5.